The molecule has 1 heterocycles. The number of rotatable bonds is 6. The van der Waals surface area contributed by atoms with Gasteiger partial charge in [0.05, 0.1) is 18.5 Å². The van der Waals surface area contributed by atoms with Gasteiger partial charge in [-0.2, -0.15) is 0 Å². The third-order valence-electron chi connectivity index (χ3n) is 4.33. The highest BCUT2D eigenvalue weighted by atomic mass is 16.4. The fourth-order valence-electron chi connectivity index (χ4n) is 2.69. The average Bonchev–Trinajstić information content (AvgIpc) is 3.04. The molecule has 0 fully saturated rings. The largest absolute Gasteiger partial charge is 0.441 e. The predicted octanol–water partition coefficient (Wildman–Crippen LogP) is 3.46. The van der Waals surface area contributed by atoms with Gasteiger partial charge in [-0.1, -0.05) is 30.3 Å². The van der Waals surface area contributed by atoms with E-state index in [1.165, 1.54) is 0 Å². The highest BCUT2D eigenvalue weighted by Gasteiger charge is 2.15. The molecule has 2 amide bonds. The van der Waals surface area contributed by atoms with Crippen LogP contribution in [0.2, 0.25) is 0 Å². The van der Waals surface area contributed by atoms with Gasteiger partial charge in [0.25, 0.3) is 0 Å². The maximum atomic E-state index is 12.4. The molecule has 6 nitrogen and oxygen atoms in total. The normalized spacial score (nSPS) is 10.5. The van der Waals surface area contributed by atoms with Crippen LogP contribution in [0.4, 0.5) is 5.69 Å². The number of likely N-dealkylation sites (N-methyl/N-ethyl adjacent to an activating group) is 1. The number of nitrogens with zero attached hydrogens (tertiary/aromatic N) is 2. The summed E-state index contributed by atoms with van der Waals surface area (Å²) in [6, 6.07) is 16.8. The Hall–Kier alpha value is -3.41. The minimum Gasteiger partial charge on any atom is -0.441 e. The molecule has 0 spiro atoms. The molecule has 0 saturated heterocycles. The molecule has 0 atom stereocenters. The SMILES string of the molecule is Cc1oc(-c2ccccc2)nc1CC(=O)Nc1ccc(CC(=O)N(C)C)cc1. The summed E-state index contributed by atoms with van der Waals surface area (Å²) in [5, 5.41) is 2.85. The molecular weight excluding hydrogens is 354 g/mol. The number of carbonyl (C=O) groups excluding carboxylic acids is 2. The number of carbonyl (C=O) groups is 2. The number of hydrogen-bond acceptors (Lipinski definition) is 4. The van der Waals surface area contributed by atoms with E-state index in [2.05, 4.69) is 10.3 Å². The average molecular weight is 377 g/mol. The highest BCUT2D eigenvalue weighted by molar-refractivity contribution is 5.92. The lowest BCUT2D eigenvalue weighted by Gasteiger charge is -2.10. The van der Waals surface area contributed by atoms with Crippen molar-refractivity contribution in [2.75, 3.05) is 19.4 Å². The maximum Gasteiger partial charge on any atom is 0.230 e. The third kappa shape index (κ3) is 4.85. The highest BCUT2D eigenvalue weighted by Crippen LogP contribution is 2.22. The molecule has 3 aromatic rings. The molecular formula is C22H23N3O3. The zero-order valence-corrected chi connectivity index (χ0v) is 16.2. The first kappa shape index (κ1) is 19.4. The second-order valence-electron chi connectivity index (χ2n) is 6.77. The standard InChI is InChI=1S/C22H23N3O3/c1-15-19(24-22(28-15)17-7-5-4-6-8-17)14-20(26)23-18-11-9-16(10-12-18)13-21(27)25(2)3/h4-12H,13-14H2,1-3H3,(H,23,26). The summed E-state index contributed by atoms with van der Waals surface area (Å²) in [5.74, 6) is 1.00. The van der Waals surface area contributed by atoms with Crippen LogP contribution in [0.15, 0.2) is 59.0 Å². The van der Waals surface area contributed by atoms with Crippen LogP contribution in [0, 0.1) is 6.92 Å². The zero-order valence-electron chi connectivity index (χ0n) is 16.2. The number of anilines is 1. The van der Waals surface area contributed by atoms with Gasteiger partial charge in [-0.3, -0.25) is 9.59 Å². The Morgan fingerprint density at radius 2 is 1.68 bits per heavy atom. The number of benzene rings is 2. The molecule has 0 aliphatic rings. The van der Waals surface area contributed by atoms with Crippen molar-refractivity contribution < 1.29 is 14.0 Å². The fourth-order valence-corrected chi connectivity index (χ4v) is 2.69. The first-order chi connectivity index (χ1) is 13.4. The van der Waals surface area contributed by atoms with Crippen molar-refractivity contribution in [2.45, 2.75) is 19.8 Å². The minimum absolute atomic E-state index is 0.0347. The van der Waals surface area contributed by atoms with Gasteiger partial charge >= 0.3 is 0 Å². The van der Waals surface area contributed by atoms with Crippen LogP contribution in [-0.4, -0.2) is 35.8 Å². The van der Waals surface area contributed by atoms with Gasteiger partial charge in [-0.05, 0) is 36.8 Å². The van der Waals surface area contributed by atoms with E-state index < -0.39 is 0 Å². The fraction of sp³-hybridized carbons (Fsp3) is 0.227. The number of nitrogens with one attached hydrogen (secondary N) is 1. The van der Waals surface area contributed by atoms with E-state index in [1.807, 2.05) is 42.5 Å². The van der Waals surface area contributed by atoms with Gasteiger partial charge in [-0.25, -0.2) is 4.98 Å². The lowest BCUT2D eigenvalue weighted by molar-refractivity contribution is -0.128. The van der Waals surface area contributed by atoms with E-state index in [4.69, 9.17) is 4.42 Å². The maximum absolute atomic E-state index is 12.4. The van der Waals surface area contributed by atoms with E-state index >= 15 is 0 Å². The summed E-state index contributed by atoms with van der Waals surface area (Å²) in [6.45, 7) is 1.80. The summed E-state index contributed by atoms with van der Waals surface area (Å²) in [5.41, 5.74) is 3.07. The first-order valence-electron chi connectivity index (χ1n) is 9.03. The Morgan fingerprint density at radius 1 is 1.00 bits per heavy atom. The van der Waals surface area contributed by atoms with Gasteiger partial charge in [0.1, 0.15) is 5.76 Å². The quantitative estimate of drug-likeness (QED) is 0.714. The van der Waals surface area contributed by atoms with Crippen LogP contribution < -0.4 is 5.32 Å². The van der Waals surface area contributed by atoms with E-state index in [0.717, 1.165) is 11.1 Å². The molecule has 0 unspecified atom stereocenters. The number of hydrogen-bond donors (Lipinski definition) is 1. The van der Waals surface area contributed by atoms with Crippen molar-refractivity contribution in [1.82, 2.24) is 9.88 Å². The Morgan fingerprint density at radius 3 is 2.32 bits per heavy atom. The monoisotopic (exact) mass is 377 g/mol. The molecule has 0 saturated carbocycles. The smallest absolute Gasteiger partial charge is 0.230 e. The molecule has 144 valence electrons. The lowest BCUT2D eigenvalue weighted by Crippen LogP contribution is -2.23. The molecule has 28 heavy (non-hydrogen) atoms. The molecule has 1 aromatic heterocycles. The summed E-state index contributed by atoms with van der Waals surface area (Å²) in [6.07, 6.45) is 0.463. The van der Waals surface area contributed by atoms with Crippen molar-refractivity contribution in [3.63, 3.8) is 0 Å². The van der Waals surface area contributed by atoms with E-state index in [0.29, 0.717) is 29.5 Å². The topological polar surface area (TPSA) is 75.4 Å². The van der Waals surface area contributed by atoms with Crippen LogP contribution >= 0.6 is 0 Å². The summed E-state index contributed by atoms with van der Waals surface area (Å²) < 4.78 is 5.70. The van der Waals surface area contributed by atoms with Crippen molar-refractivity contribution in [3.8, 4) is 11.5 Å². The van der Waals surface area contributed by atoms with Crippen LogP contribution in [0.3, 0.4) is 0 Å². The third-order valence-corrected chi connectivity index (χ3v) is 4.33. The van der Waals surface area contributed by atoms with Crippen LogP contribution in [0.25, 0.3) is 11.5 Å². The van der Waals surface area contributed by atoms with E-state index in [9.17, 15) is 9.59 Å². The number of oxazole rings is 1. The van der Waals surface area contributed by atoms with Gasteiger partial charge in [-0.15, -0.1) is 0 Å². The summed E-state index contributed by atoms with van der Waals surface area (Å²) >= 11 is 0. The van der Waals surface area contributed by atoms with Crippen molar-refractivity contribution in [2.24, 2.45) is 0 Å². The lowest BCUT2D eigenvalue weighted by atomic mass is 10.1. The second-order valence-corrected chi connectivity index (χ2v) is 6.77. The summed E-state index contributed by atoms with van der Waals surface area (Å²) in [7, 11) is 3.46. The number of aryl methyl sites for hydroxylation is 1. The van der Waals surface area contributed by atoms with Crippen LogP contribution in [-0.2, 0) is 22.4 Å². The van der Waals surface area contributed by atoms with Crippen molar-refractivity contribution in [3.05, 3.63) is 71.6 Å². The second kappa shape index (κ2) is 8.52. The van der Waals surface area contributed by atoms with Crippen molar-refractivity contribution >= 4 is 17.5 Å². The Balaban J connectivity index is 1.61. The Kier molecular flexibility index (Phi) is 5.89. The number of aromatic nitrogens is 1. The van der Waals surface area contributed by atoms with Crippen LogP contribution in [0.1, 0.15) is 17.0 Å². The van der Waals surface area contributed by atoms with Gasteiger partial charge < -0.3 is 14.6 Å². The summed E-state index contributed by atoms with van der Waals surface area (Å²) in [4.78, 5) is 30.1. The van der Waals surface area contributed by atoms with Gasteiger partial charge in [0.2, 0.25) is 17.7 Å². The molecule has 0 bridgehead atoms. The van der Waals surface area contributed by atoms with Gasteiger partial charge in [0, 0.05) is 25.3 Å². The molecule has 6 heteroatoms. The van der Waals surface area contributed by atoms with E-state index in [-0.39, 0.29) is 18.2 Å². The zero-order chi connectivity index (χ0) is 20.1. The minimum atomic E-state index is -0.173. The molecule has 2 aromatic carbocycles. The van der Waals surface area contributed by atoms with E-state index in [1.54, 1.807) is 38.1 Å². The van der Waals surface area contributed by atoms with Crippen molar-refractivity contribution in [1.29, 1.82) is 0 Å². The molecule has 0 radical (unpaired) electrons. The first-order valence-corrected chi connectivity index (χ1v) is 9.03. The Bertz CT molecular complexity index is 960. The molecule has 3 rings (SSSR count). The Labute approximate surface area is 164 Å². The molecule has 0 aliphatic carbocycles. The molecule has 0 aliphatic heterocycles. The number of amides is 2. The van der Waals surface area contributed by atoms with Gasteiger partial charge in [0.15, 0.2) is 0 Å². The predicted molar refractivity (Wildman–Crippen MR) is 108 cm³/mol. The molecule has 1 N–H and O–H groups in total. The van der Waals surface area contributed by atoms with Crippen LogP contribution in [0.5, 0.6) is 0 Å².